The van der Waals surface area contributed by atoms with Gasteiger partial charge in [0, 0.05) is 10.6 Å². The number of amides is 1. The molecule has 0 aliphatic carbocycles. The molecule has 0 bridgehead atoms. The molecule has 0 spiro atoms. The molecular formula is C9H9ClN6O. The molecule has 1 aromatic carbocycles. The minimum atomic E-state index is -0.382. The molecule has 2 aromatic rings. The van der Waals surface area contributed by atoms with Crippen molar-refractivity contribution in [3.63, 3.8) is 0 Å². The number of nitrogens with zero attached hydrogens (tertiary/aromatic N) is 4. The normalized spacial score (nSPS) is 10.2. The Morgan fingerprint density at radius 3 is 2.76 bits per heavy atom. The monoisotopic (exact) mass is 252 g/mol. The van der Waals surface area contributed by atoms with Crippen LogP contribution >= 0.6 is 11.6 Å². The van der Waals surface area contributed by atoms with Crippen LogP contribution in [-0.4, -0.2) is 26.1 Å². The van der Waals surface area contributed by atoms with Crippen molar-refractivity contribution >= 4 is 17.5 Å². The SMILES string of the molecule is NNC(=O)Cn1nnnc1-c1ccc(Cl)cc1. The number of hydrogen-bond acceptors (Lipinski definition) is 5. The highest BCUT2D eigenvalue weighted by atomic mass is 35.5. The summed E-state index contributed by atoms with van der Waals surface area (Å²) >= 11 is 5.78. The minimum Gasteiger partial charge on any atom is -0.293 e. The van der Waals surface area contributed by atoms with E-state index in [0.29, 0.717) is 10.8 Å². The molecule has 0 saturated heterocycles. The Bertz CT molecular complexity index is 523. The molecule has 7 nitrogen and oxygen atoms in total. The lowest BCUT2D eigenvalue weighted by molar-refractivity contribution is -0.121. The van der Waals surface area contributed by atoms with Gasteiger partial charge in [-0.25, -0.2) is 10.5 Å². The van der Waals surface area contributed by atoms with E-state index in [9.17, 15) is 4.79 Å². The van der Waals surface area contributed by atoms with E-state index in [-0.39, 0.29) is 12.5 Å². The Labute approximate surface area is 102 Å². The molecule has 1 heterocycles. The Balaban J connectivity index is 2.30. The summed E-state index contributed by atoms with van der Waals surface area (Å²) < 4.78 is 1.35. The molecule has 0 aliphatic rings. The first-order valence-electron chi connectivity index (χ1n) is 4.72. The van der Waals surface area contributed by atoms with E-state index in [0.717, 1.165) is 5.56 Å². The van der Waals surface area contributed by atoms with Gasteiger partial charge in [0.2, 0.25) is 0 Å². The second kappa shape index (κ2) is 4.89. The van der Waals surface area contributed by atoms with Gasteiger partial charge in [-0.1, -0.05) is 11.6 Å². The minimum absolute atomic E-state index is 0.0402. The van der Waals surface area contributed by atoms with Crippen LogP contribution in [0.5, 0.6) is 0 Å². The molecule has 0 fully saturated rings. The molecule has 1 aromatic heterocycles. The molecule has 3 N–H and O–H groups in total. The zero-order chi connectivity index (χ0) is 12.3. The quantitative estimate of drug-likeness (QED) is 0.455. The average molecular weight is 253 g/mol. The maximum atomic E-state index is 11.1. The van der Waals surface area contributed by atoms with Crippen LogP contribution in [0.4, 0.5) is 0 Å². The maximum Gasteiger partial charge on any atom is 0.255 e. The van der Waals surface area contributed by atoms with Gasteiger partial charge in [0.25, 0.3) is 5.91 Å². The molecule has 17 heavy (non-hydrogen) atoms. The molecule has 0 saturated carbocycles. The van der Waals surface area contributed by atoms with Gasteiger partial charge in [-0.3, -0.25) is 10.2 Å². The average Bonchev–Trinajstić information content (AvgIpc) is 2.78. The number of hydrogen-bond donors (Lipinski definition) is 2. The summed E-state index contributed by atoms with van der Waals surface area (Å²) in [5, 5.41) is 11.7. The predicted molar refractivity (Wildman–Crippen MR) is 60.6 cm³/mol. The number of nitrogens with two attached hydrogens (primary N) is 1. The zero-order valence-electron chi connectivity index (χ0n) is 8.67. The third-order valence-electron chi connectivity index (χ3n) is 2.09. The predicted octanol–water partition coefficient (Wildman–Crippen LogP) is -0.0166. The number of benzene rings is 1. The van der Waals surface area contributed by atoms with Crippen LogP contribution in [0.25, 0.3) is 11.4 Å². The van der Waals surface area contributed by atoms with Crippen molar-refractivity contribution in [1.29, 1.82) is 0 Å². The van der Waals surface area contributed by atoms with E-state index < -0.39 is 0 Å². The van der Waals surface area contributed by atoms with Crippen LogP contribution in [0, 0.1) is 0 Å². The Morgan fingerprint density at radius 2 is 2.12 bits per heavy atom. The van der Waals surface area contributed by atoms with Crippen LogP contribution in [0.2, 0.25) is 5.02 Å². The first-order valence-corrected chi connectivity index (χ1v) is 5.10. The van der Waals surface area contributed by atoms with Gasteiger partial charge < -0.3 is 0 Å². The second-order valence-corrected chi connectivity index (χ2v) is 3.67. The van der Waals surface area contributed by atoms with Crippen molar-refractivity contribution in [2.75, 3.05) is 0 Å². The summed E-state index contributed by atoms with van der Waals surface area (Å²) in [7, 11) is 0. The van der Waals surface area contributed by atoms with E-state index in [1.165, 1.54) is 4.68 Å². The fourth-order valence-corrected chi connectivity index (χ4v) is 1.42. The maximum absolute atomic E-state index is 11.1. The summed E-state index contributed by atoms with van der Waals surface area (Å²) in [4.78, 5) is 11.1. The van der Waals surface area contributed by atoms with E-state index in [4.69, 9.17) is 17.4 Å². The number of rotatable bonds is 3. The lowest BCUT2D eigenvalue weighted by Gasteiger charge is -2.03. The van der Waals surface area contributed by atoms with Gasteiger partial charge >= 0.3 is 0 Å². The Hall–Kier alpha value is -1.99. The van der Waals surface area contributed by atoms with Crippen LogP contribution < -0.4 is 11.3 Å². The van der Waals surface area contributed by atoms with Crippen LogP contribution in [0.3, 0.4) is 0 Å². The first-order chi connectivity index (χ1) is 8.20. The largest absolute Gasteiger partial charge is 0.293 e. The highest BCUT2D eigenvalue weighted by Gasteiger charge is 2.11. The fourth-order valence-electron chi connectivity index (χ4n) is 1.30. The number of tetrazole rings is 1. The number of carbonyl (C=O) groups is 1. The number of hydrazine groups is 1. The van der Waals surface area contributed by atoms with Crippen molar-refractivity contribution in [2.24, 2.45) is 5.84 Å². The summed E-state index contributed by atoms with van der Waals surface area (Å²) in [5.41, 5.74) is 2.78. The van der Waals surface area contributed by atoms with E-state index >= 15 is 0 Å². The Morgan fingerprint density at radius 1 is 1.41 bits per heavy atom. The van der Waals surface area contributed by atoms with Crippen LogP contribution in [0.15, 0.2) is 24.3 Å². The number of nitrogens with one attached hydrogen (secondary N) is 1. The topological polar surface area (TPSA) is 98.7 Å². The van der Waals surface area contributed by atoms with Gasteiger partial charge in [0.05, 0.1) is 0 Å². The molecule has 0 atom stereocenters. The molecule has 8 heteroatoms. The van der Waals surface area contributed by atoms with E-state index in [2.05, 4.69) is 15.5 Å². The van der Waals surface area contributed by atoms with Gasteiger partial charge in [-0.15, -0.1) is 5.10 Å². The Kier molecular flexibility index (Phi) is 3.31. The number of aromatic nitrogens is 4. The smallest absolute Gasteiger partial charge is 0.255 e. The van der Waals surface area contributed by atoms with Gasteiger partial charge in [-0.05, 0) is 34.7 Å². The lowest BCUT2D eigenvalue weighted by Crippen LogP contribution is -2.33. The van der Waals surface area contributed by atoms with Crippen molar-refractivity contribution in [1.82, 2.24) is 25.6 Å². The summed E-state index contributed by atoms with van der Waals surface area (Å²) in [6.45, 7) is -0.0402. The summed E-state index contributed by atoms with van der Waals surface area (Å²) in [6, 6.07) is 6.98. The third kappa shape index (κ3) is 2.58. The van der Waals surface area contributed by atoms with Crippen molar-refractivity contribution < 1.29 is 4.79 Å². The molecule has 0 radical (unpaired) electrons. The second-order valence-electron chi connectivity index (χ2n) is 3.23. The van der Waals surface area contributed by atoms with Gasteiger partial charge in [0.15, 0.2) is 5.82 Å². The van der Waals surface area contributed by atoms with Crippen LogP contribution in [-0.2, 0) is 11.3 Å². The zero-order valence-corrected chi connectivity index (χ0v) is 9.42. The van der Waals surface area contributed by atoms with Crippen molar-refractivity contribution in [3.8, 4) is 11.4 Å². The highest BCUT2D eigenvalue weighted by molar-refractivity contribution is 6.30. The van der Waals surface area contributed by atoms with Crippen molar-refractivity contribution in [3.05, 3.63) is 29.3 Å². The van der Waals surface area contributed by atoms with Crippen LogP contribution in [0.1, 0.15) is 0 Å². The highest BCUT2D eigenvalue weighted by Crippen LogP contribution is 2.18. The number of halogens is 1. The number of carbonyl (C=O) groups excluding carboxylic acids is 1. The standard InChI is InChI=1S/C9H9ClN6O/c10-7-3-1-6(2-4-7)9-13-14-15-16(9)5-8(17)12-11/h1-4H,5,11H2,(H,12,17). The molecule has 2 rings (SSSR count). The molecule has 0 unspecified atom stereocenters. The third-order valence-corrected chi connectivity index (χ3v) is 2.34. The molecule has 1 amide bonds. The first kappa shape index (κ1) is 11.5. The van der Waals surface area contributed by atoms with Gasteiger partial charge in [0.1, 0.15) is 6.54 Å². The van der Waals surface area contributed by atoms with Gasteiger partial charge in [-0.2, -0.15) is 0 Å². The molecular weight excluding hydrogens is 244 g/mol. The summed E-state index contributed by atoms with van der Waals surface area (Å²) in [5.74, 6) is 5.09. The fraction of sp³-hybridized carbons (Fsp3) is 0.111. The van der Waals surface area contributed by atoms with Crippen molar-refractivity contribution in [2.45, 2.75) is 6.54 Å². The lowest BCUT2D eigenvalue weighted by atomic mass is 10.2. The molecule has 0 aliphatic heterocycles. The summed E-state index contributed by atoms with van der Waals surface area (Å²) in [6.07, 6.45) is 0. The van der Waals surface area contributed by atoms with E-state index in [1.807, 2.05) is 5.43 Å². The molecule has 88 valence electrons. The van der Waals surface area contributed by atoms with E-state index in [1.54, 1.807) is 24.3 Å².